The normalized spacial score (nSPS) is 25.4. The van der Waals surface area contributed by atoms with E-state index < -0.39 is 0 Å². The molecule has 0 saturated carbocycles. The van der Waals surface area contributed by atoms with Crippen LogP contribution in [0.5, 0.6) is 0 Å². The second-order valence-corrected chi connectivity index (χ2v) is 4.52. The fourth-order valence-electron chi connectivity index (χ4n) is 1.59. The van der Waals surface area contributed by atoms with Crippen LogP contribution in [-0.2, 0) is 4.74 Å². The lowest BCUT2D eigenvalue weighted by Gasteiger charge is -2.38. The summed E-state index contributed by atoms with van der Waals surface area (Å²) < 4.78 is 7.88. The highest BCUT2D eigenvalue weighted by atomic mass is 127. The van der Waals surface area contributed by atoms with Gasteiger partial charge in [-0.15, -0.1) is 0 Å². The molecule has 0 spiro atoms. The molecule has 11 heavy (non-hydrogen) atoms. The monoisotopic (exact) mass is 269 g/mol. The first-order chi connectivity index (χ1) is 5.22. The average Bonchev–Trinajstić information content (AvgIpc) is 2.07. The van der Waals surface area contributed by atoms with E-state index in [1.54, 1.807) is 0 Å². The highest BCUT2D eigenvalue weighted by Gasteiger charge is 2.31. The van der Waals surface area contributed by atoms with Gasteiger partial charge in [-0.1, -0.05) is 6.92 Å². The van der Waals surface area contributed by atoms with Gasteiger partial charge in [0.05, 0.1) is 5.60 Å². The van der Waals surface area contributed by atoms with Crippen molar-refractivity contribution in [3.8, 4) is 0 Å². The van der Waals surface area contributed by atoms with Gasteiger partial charge in [-0.25, -0.2) is 3.11 Å². The number of nitrogens with zero attached hydrogens (tertiary/aromatic N) is 1. The maximum atomic E-state index is 5.55. The van der Waals surface area contributed by atoms with E-state index in [1.807, 2.05) is 7.11 Å². The maximum Gasteiger partial charge on any atom is 0.0701 e. The molecule has 0 radical (unpaired) electrons. The predicted molar refractivity (Wildman–Crippen MR) is 54.9 cm³/mol. The summed E-state index contributed by atoms with van der Waals surface area (Å²) in [6.07, 6.45) is 3.51. The lowest BCUT2D eigenvalue weighted by molar-refractivity contribution is -0.0448. The Morgan fingerprint density at radius 3 is 2.36 bits per heavy atom. The molecular formula is C8H16INO. The number of rotatable bonds is 2. The molecule has 0 aromatic rings. The fourth-order valence-corrected chi connectivity index (χ4v) is 2.07. The first kappa shape index (κ1) is 9.74. The molecule has 0 aromatic heterocycles. The molecule has 1 rings (SSSR count). The van der Waals surface area contributed by atoms with Crippen LogP contribution in [-0.4, -0.2) is 28.9 Å². The highest BCUT2D eigenvalue weighted by molar-refractivity contribution is 14.1. The summed E-state index contributed by atoms with van der Waals surface area (Å²) in [6.45, 7) is 4.55. The van der Waals surface area contributed by atoms with Gasteiger partial charge in [0, 0.05) is 43.1 Å². The molecule has 3 heteroatoms. The summed E-state index contributed by atoms with van der Waals surface area (Å²) >= 11 is 2.38. The first-order valence-corrected chi connectivity index (χ1v) is 5.15. The van der Waals surface area contributed by atoms with Crippen LogP contribution in [0, 0.1) is 0 Å². The predicted octanol–water partition coefficient (Wildman–Crippen LogP) is 2.23. The van der Waals surface area contributed by atoms with Crippen LogP contribution >= 0.6 is 22.9 Å². The van der Waals surface area contributed by atoms with E-state index in [4.69, 9.17) is 4.74 Å². The summed E-state index contributed by atoms with van der Waals surface area (Å²) in [5, 5.41) is 0. The summed E-state index contributed by atoms with van der Waals surface area (Å²) in [5.74, 6) is 0. The van der Waals surface area contributed by atoms with Crippen LogP contribution in [0.1, 0.15) is 26.2 Å². The smallest absolute Gasteiger partial charge is 0.0701 e. The largest absolute Gasteiger partial charge is 0.378 e. The van der Waals surface area contributed by atoms with Crippen LogP contribution in [0.25, 0.3) is 0 Å². The van der Waals surface area contributed by atoms with Crippen LogP contribution in [0.4, 0.5) is 0 Å². The molecule has 0 N–H and O–H groups in total. The van der Waals surface area contributed by atoms with Crippen molar-refractivity contribution in [3.05, 3.63) is 0 Å². The SMILES string of the molecule is CCC1(OC)CCN(I)CC1. The van der Waals surface area contributed by atoms with E-state index >= 15 is 0 Å². The first-order valence-electron chi connectivity index (χ1n) is 4.18. The Kier molecular flexibility index (Phi) is 3.58. The lowest BCUT2D eigenvalue weighted by atomic mass is 9.90. The Balaban J connectivity index is 2.45. The van der Waals surface area contributed by atoms with Gasteiger partial charge in [0.2, 0.25) is 0 Å². The topological polar surface area (TPSA) is 12.5 Å². The molecule has 1 saturated heterocycles. The number of methoxy groups -OCH3 is 1. The Morgan fingerprint density at radius 1 is 1.45 bits per heavy atom. The summed E-state index contributed by atoms with van der Waals surface area (Å²) in [6, 6.07) is 0. The maximum absolute atomic E-state index is 5.55. The van der Waals surface area contributed by atoms with Crippen LogP contribution in [0.3, 0.4) is 0 Å². The molecular weight excluding hydrogens is 253 g/mol. The zero-order chi connectivity index (χ0) is 8.32. The zero-order valence-electron chi connectivity index (χ0n) is 7.27. The third-order valence-corrected chi connectivity index (χ3v) is 3.66. The van der Waals surface area contributed by atoms with Crippen molar-refractivity contribution < 1.29 is 4.74 Å². The molecule has 0 bridgehead atoms. The Bertz CT molecular complexity index is 115. The molecule has 66 valence electrons. The van der Waals surface area contributed by atoms with E-state index in [0.717, 1.165) is 6.42 Å². The summed E-state index contributed by atoms with van der Waals surface area (Å²) in [7, 11) is 1.84. The van der Waals surface area contributed by atoms with Gasteiger partial charge >= 0.3 is 0 Å². The molecule has 1 aliphatic heterocycles. The van der Waals surface area contributed by atoms with Crippen molar-refractivity contribution in [1.29, 1.82) is 0 Å². The zero-order valence-corrected chi connectivity index (χ0v) is 9.43. The van der Waals surface area contributed by atoms with Crippen LogP contribution in [0.2, 0.25) is 0 Å². The van der Waals surface area contributed by atoms with Crippen molar-refractivity contribution in [3.63, 3.8) is 0 Å². The van der Waals surface area contributed by atoms with Crippen molar-refractivity contribution in [2.24, 2.45) is 0 Å². The number of halogens is 1. The van der Waals surface area contributed by atoms with Crippen molar-refractivity contribution in [1.82, 2.24) is 3.11 Å². The second kappa shape index (κ2) is 4.05. The number of hydrogen-bond acceptors (Lipinski definition) is 2. The third kappa shape index (κ3) is 2.29. The van der Waals surface area contributed by atoms with Crippen molar-refractivity contribution >= 4 is 22.9 Å². The highest BCUT2D eigenvalue weighted by Crippen LogP contribution is 2.29. The van der Waals surface area contributed by atoms with Gasteiger partial charge in [0.25, 0.3) is 0 Å². The molecule has 0 atom stereocenters. The number of ether oxygens (including phenoxy) is 1. The van der Waals surface area contributed by atoms with Gasteiger partial charge in [-0.05, 0) is 19.3 Å². The van der Waals surface area contributed by atoms with E-state index in [-0.39, 0.29) is 5.60 Å². The molecule has 0 aromatic carbocycles. The molecule has 2 nitrogen and oxygen atoms in total. The van der Waals surface area contributed by atoms with Crippen LogP contribution in [0.15, 0.2) is 0 Å². The van der Waals surface area contributed by atoms with E-state index in [2.05, 4.69) is 32.9 Å². The molecule has 1 aliphatic rings. The third-order valence-electron chi connectivity index (χ3n) is 2.70. The van der Waals surface area contributed by atoms with Crippen LogP contribution < -0.4 is 0 Å². The lowest BCUT2D eigenvalue weighted by Crippen LogP contribution is -2.41. The Morgan fingerprint density at radius 2 is 2.00 bits per heavy atom. The van der Waals surface area contributed by atoms with Crippen molar-refractivity contribution in [2.75, 3.05) is 20.2 Å². The molecule has 1 heterocycles. The molecule has 0 aliphatic carbocycles. The molecule has 0 amide bonds. The average molecular weight is 269 g/mol. The van der Waals surface area contributed by atoms with E-state index in [0.29, 0.717) is 0 Å². The van der Waals surface area contributed by atoms with E-state index in [1.165, 1.54) is 25.9 Å². The minimum atomic E-state index is 0.196. The quantitative estimate of drug-likeness (QED) is 0.563. The van der Waals surface area contributed by atoms with Gasteiger partial charge in [0.15, 0.2) is 0 Å². The number of piperidine rings is 1. The minimum absolute atomic E-state index is 0.196. The molecule has 1 fully saturated rings. The second-order valence-electron chi connectivity index (χ2n) is 3.15. The van der Waals surface area contributed by atoms with Gasteiger partial charge in [-0.3, -0.25) is 0 Å². The molecule has 0 unspecified atom stereocenters. The fraction of sp³-hybridized carbons (Fsp3) is 1.00. The minimum Gasteiger partial charge on any atom is -0.378 e. The standard InChI is InChI=1S/C8H16INO/c1-3-8(11-2)4-6-10(9)7-5-8/h3-7H2,1-2H3. The van der Waals surface area contributed by atoms with Gasteiger partial charge in [0.1, 0.15) is 0 Å². The summed E-state index contributed by atoms with van der Waals surface area (Å²) in [4.78, 5) is 0. The summed E-state index contributed by atoms with van der Waals surface area (Å²) in [5.41, 5.74) is 0.196. The van der Waals surface area contributed by atoms with Gasteiger partial charge in [-0.2, -0.15) is 0 Å². The Hall–Kier alpha value is 0.650. The van der Waals surface area contributed by atoms with E-state index in [9.17, 15) is 0 Å². The number of hydrogen-bond donors (Lipinski definition) is 0. The van der Waals surface area contributed by atoms with Gasteiger partial charge < -0.3 is 4.74 Å². The Labute approximate surface area is 82.8 Å². The van der Waals surface area contributed by atoms with Crippen molar-refractivity contribution in [2.45, 2.75) is 31.8 Å².